The normalized spacial score (nSPS) is 37.2. The highest BCUT2D eigenvalue weighted by atomic mass is 16.5. The molecule has 1 fully saturated rings. The molecular formula is C9H12O3. The van der Waals surface area contributed by atoms with Crippen LogP contribution >= 0.6 is 0 Å². The number of carbonyl (C=O) groups is 1. The van der Waals surface area contributed by atoms with Gasteiger partial charge in [-0.2, -0.15) is 0 Å². The van der Waals surface area contributed by atoms with Crippen LogP contribution in [-0.2, 0) is 14.3 Å². The number of carbonyl (C=O) groups excluding carboxylic acids is 1. The van der Waals surface area contributed by atoms with E-state index in [2.05, 4.69) is 0 Å². The molecule has 3 atom stereocenters. The van der Waals surface area contributed by atoms with Crippen molar-refractivity contribution >= 4 is 5.97 Å². The summed E-state index contributed by atoms with van der Waals surface area (Å²) in [5.74, 6) is -0.172. The minimum absolute atomic E-state index is 0.0194. The van der Waals surface area contributed by atoms with E-state index in [0.29, 0.717) is 6.61 Å². The Labute approximate surface area is 71.3 Å². The molecule has 2 aliphatic heterocycles. The summed E-state index contributed by atoms with van der Waals surface area (Å²) >= 11 is 0. The average Bonchev–Trinajstić information content (AvgIpc) is 2.64. The highest BCUT2D eigenvalue weighted by Gasteiger charge is 2.41. The molecule has 1 saturated heterocycles. The van der Waals surface area contributed by atoms with Crippen LogP contribution in [0.5, 0.6) is 0 Å². The monoisotopic (exact) mass is 168 g/mol. The number of hydrogen-bond donors (Lipinski definition) is 0. The van der Waals surface area contributed by atoms with Gasteiger partial charge in [0.25, 0.3) is 0 Å². The lowest BCUT2D eigenvalue weighted by Gasteiger charge is -2.12. The SMILES string of the molecule is CCOC(=O)C1C[C@H]2C=C[C@@H]1O2. The number of ether oxygens (including phenoxy) is 2. The highest BCUT2D eigenvalue weighted by Crippen LogP contribution is 2.34. The van der Waals surface area contributed by atoms with Crippen LogP contribution in [0.25, 0.3) is 0 Å². The average molecular weight is 168 g/mol. The van der Waals surface area contributed by atoms with Gasteiger partial charge in [-0.3, -0.25) is 4.79 Å². The lowest BCUT2D eigenvalue weighted by Crippen LogP contribution is -2.25. The van der Waals surface area contributed by atoms with Gasteiger partial charge in [-0.05, 0) is 13.3 Å². The van der Waals surface area contributed by atoms with Gasteiger partial charge >= 0.3 is 5.97 Å². The fourth-order valence-corrected chi connectivity index (χ4v) is 1.75. The third kappa shape index (κ3) is 1.14. The van der Waals surface area contributed by atoms with Crippen molar-refractivity contribution in [2.24, 2.45) is 5.92 Å². The first-order valence-electron chi connectivity index (χ1n) is 4.31. The summed E-state index contributed by atoms with van der Waals surface area (Å²) in [5, 5.41) is 0. The van der Waals surface area contributed by atoms with Crippen LogP contribution in [0.1, 0.15) is 13.3 Å². The molecule has 0 radical (unpaired) electrons. The predicted molar refractivity (Wildman–Crippen MR) is 42.5 cm³/mol. The van der Waals surface area contributed by atoms with Crippen LogP contribution in [0, 0.1) is 5.92 Å². The summed E-state index contributed by atoms with van der Waals surface area (Å²) in [5.41, 5.74) is 0. The molecule has 0 aliphatic carbocycles. The second-order valence-electron chi connectivity index (χ2n) is 3.12. The Bertz CT molecular complexity index is 222. The van der Waals surface area contributed by atoms with Gasteiger partial charge in [0, 0.05) is 0 Å². The minimum Gasteiger partial charge on any atom is -0.466 e. The fraction of sp³-hybridized carbons (Fsp3) is 0.667. The standard InChI is InChI=1S/C9H12O3/c1-2-11-9(10)7-5-6-3-4-8(7)12-6/h3-4,6-8H,2,5H2,1H3/t6-,7?,8+/m1/s1. The zero-order valence-electron chi connectivity index (χ0n) is 7.03. The Morgan fingerprint density at radius 3 is 3.00 bits per heavy atom. The van der Waals surface area contributed by atoms with Gasteiger partial charge < -0.3 is 9.47 Å². The zero-order valence-corrected chi connectivity index (χ0v) is 7.03. The summed E-state index contributed by atoms with van der Waals surface area (Å²) < 4.78 is 10.4. The van der Waals surface area contributed by atoms with Crippen LogP contribution < -0.4 is 0 Å². The van der Waals surface area contributed by atoms with Crippen molar-refractivity contribution in [1.82, 2.24) is 0 Å². The molecule has 0 saturated carbocycles. The zero-order chi connectivity index (χ0) is 8.55. The van der Waals surface area contributed by atoms with Crippen LogP contribution in [0.3, 0.4) is 0 Å². The maximum absolute atomic E-state index is 11.3. The van der Waals surface area contributed by atoms with Gasteiger partial charge in [-0.25, -0.2) is 0 Å². The van der Waals surface area contributed by atoms with E-state index in [9.17, 15) is 4.79 Å². The molecular weight excluding hydrogens is 156 g/mol. The maximum atomic E-state index is 11.3. The molecule has 0 aromatic heterocycles. The summed E-state index contributed by atoms with van der Waals surface area (Å²) in [4.78, 5) is 11.3. The van der Waals surface area contributed by atoms with Crippen molar-refractivity contribution in [3.63, 3.8) is 0 Å². The van der Waals surface area contributed by atoms with E-state index in [1.807, 2.05) is 19.1 Å². The molecule has 1 unspecified atom stereocenters. The summed E-state index contributed by atoms with van der Waals surface area (Å²) in [6.45, 7) is 2.28. The lowest BCUT2D eigenvalue weighted by atomic mass is 9.95. The molecule has 2 aliphatic rings. The maximum Gasteiger partial charge on any atom is 0.312 e. The first-order chi connectivity index (χ1) is 5.81. The van der Waals surface area contributed by atoms with E-state index in [1.165, 1.54) is 0 Å². The van der Waals surface area contributed by atoms with Crippen molar-refractivity contribution in [3.05, 3.63) is 12.2 Å². The molecule has 2 heterocycles. The molecule has 12 heavy (non-hydrogen) atoms. The predicted octanol–water partition coefficient (Wildman–Crippen LogP) is 0.893. The van der Waals surface area contributed by atoms with E-state index in [1.54, 1.807) is 0 Å². The van der Waals surface area contributed by atoms with Crippen LogP contribution in [0.15, 0.2) is 12.2 Å². The minimum atomic E-state index is -0.116. The van der Waals surface area contributed by atoms with Gasteiger partial charge in [0.05, 0.1) is 24.7 Å². The third-order valence-electron chi connectivity index (χ3n) is 2.32. The topological polar surface area (TPSA) is 35.5 Å². The van der Waals surface area contributed by atoms with E-state index < -0.39 is 0 Å². The molecule has 2 rings (SSSR count). The Kier molecular flexibility index (Phi) is 1.89. The molecule has 3 heteroatoms. The lowest BCUT2D eigenvalue weighted by molar-refractivity contribution is -0.148. The number of esters is 1. The van der Waals surface area contributed by atoms with E-state index in [0.717, 1.165) is 6.42 Å². The summed E-state index contributed by atoms with van der Waals surface area (Å²) in [6.07, 6.45) is 4.90. The molecule has 0 amide bonds. The Hall–Kier alpha value is -0.830. The first-order valence-corrected chi connectivity index (χ1v) is 4.31. The molecule has 0 N–H and O–H groups in total. The Morgan fingerprint density at radius 2 is 2.50 bits per heavy atom. The quantitative estimate of drug-likeness (QED) is 0.454. The molecule has 66 valence electrons. The largest absolute Gasteiger partial charge is 0.466 e. The fourth-order valence-electron chi connectivity index (χ4n) is 1.75. The van der Waals surface area contributed by atoms with Gasteiger partial charge in [0.1, 0.15) is 0 Å². The first kappa shape index (κ1) is 7.80. The molecule has 3 nitrogen and oxygen atoms in total. The number of rotatable bonds is 2. The van der Waals surface area contributed by atoms with Gasteiger partial charge in [-0.15, -0.1) is 0 Å². The highest BCUT2D eigenvalue weighted by molar-refractivity contribution is 5.74. The molecule has 2 bridgehead atoms. The number of fused-ring (bicyclic) bond motifs is 2. The van der Waals surface area contributed by atoms with Crippen LogP contribution in [-0.4, -0.2) is 24.8 Å². The van der Waals surface area contributed by atoms with Crippen LogP contribution in [0.4, 0.5) is 0 Å². The van der Waals surface area contributed by atoms with Gasteiger partial charge in [-0.1, -0.05) is 12.2 Å². The van der Waals surface area contributed by atoms with Gasteiger partial charge in [0.2, 0.25) is 0 Å². The Balaban J connectivity index is 1.98. The van der Waals surface area contributed by atoms with Crippen molar-refractivity contribution in [2.45, 2.75) is 25.6 Å². The van der Waals surface area contributed by atoms with Crippen molar-refractivity contribution in [1.29, 1.82) is 0 Å². The second kappa shape index (κ2) is 2.90. The van der Waals surface area contributed by atoms with Crippen molar-refractivity contribution in [2.75, 3.05) is 6.61 Å². The number of hydrogen-bond acceptors (Lipinski definition) is 3. The smallest absolute Gasteiger partial charge is 0.312 e. The van der Waals surface area contributed by atoms with E-state index >= 15 is 0 Å². The summed E-state index contributed by atoms with van der Waals surface area (Å²) in [6, 6.07) is 0. The Morgan fingerprint density at radius 1 is 1.67 bits per heavy atom. The summed E-state index contributed by atoms with van der Waals surface area (Å²) in [7, 11) is 0. The molecule has 0 aromatic carbocycles. The van der Waals surface area contributed by atoms with Gasteiger partial charge in [0.15, 0.2) is 0 Å². The van der Waals surface area contributed by atoms with Crippen LogP contribution in [0.2, 0.25) is 0 Å². The molecule has 0 spiro atoms. The van der Waals surface area contributed by atoms with Crippen molar-refractivity contribution in [3.8, 4) is 0 Å². The van der Waals surface area contributed by atoms with E-state index in [4.69, 9.17) is 9.47 Å². The second-order valence-corrected chi connectivity index (χ2v) is 3.12. The van der Waals surface area contributed by atoms with E-state index in [-0.39, 0.29) is 24.1 Å². The molecule has 0 aromatic rings. The van der Waals surface area contributed by atoms with Crippen molar-refractivity contribution < 1.29 is 14.3 Å². The third-order valence-corrected chi connectivity index (χ3v) is 2.32.